The summed E-state index contributed by atoms with van der Waals surface area (Å²) in [6.07, 6.45) is 3.23. The molecule has 2 rings (SSSR count). The average Bonchev–Trinajstić information content (AvgIpc) is 2.45. The van der Waals surface area contributed by atoms with Crippen LogP contribution in [0.5, 0.6) is 0 Å². The third-order valence-electron chi connectivity index (χ3n) is 4.20. The van der Waals surface area contributed by atoms with Crippen molar-refractivity contribution in [2.75, 3.05) is 45.8 Å². The van der Waals surface area contributed by atoms with Gasteiger partial charge in [0, 0.05) is 52.1 Å². The molecule has 114 valence electrons. The van der Waals surface area contributed by atoms with E-state index in [1.807, 2.05) is 4.90 Å². The van der Waals surface area contributed by atoms with Gasteiger partial charge in [-0.1, -0.05) is 0 Å². The highest BCUT2D eigenvalue weighted by molar-refractivity contribution is 5.76. The van der Waals surface area contributed by atoms with E-state index >= 15 is 0 Å². The number of piperidine rings is 1. The number of nitrogens with two attached hydrogens (primary N) is 1. The highest BCUT2D eigenvalue weighted by Gasteiger charge is 2.23. The molecule has 2 aliphatic heterocycles. The predicted octanol–water partition coefficient (Wildman–Crippen LogP) is -0.604. The molecule has 0 aromatic heterocycles. The number of carbonyl (C=O) groups excluding carboxylic acids is 2. The average molecular weight is 282 g/mol. The molecule has 0 radical (unpaired) electrons. The highest BCUT2D eigenvalue weighted by Crippen LogP contribution is 2.19. The van der Waals surface area contributed by atoms with E-state index in [2.05, 4.69) is 10.2 Å². The van der Waals surface area contributed by atoms with Crippen molar-refractivity contribution >= 4 is 11.8 Å². The molecule has 6 heteroatoms. The number of piperazine rings is 1. The lowest BCUT2D eigenvalue weighted by Gasteiger charge is -2.33. The minimum absolute atomic E-state index is 0.214. The standard InChI is InChI=1S/C14H26N4O2/c15-13(19)10-12-2-1-6-17(11-12)7-3-14(20)18-8-4-16-5-9-18/h12,16H,1-11H2,(H2,15,19). The van der Waals surface area contributed by atoms with E-state index in [0.29, 0.717) is 18.8 Å². The largest absolute Gasteiger partial charge is 0.370 e. The van der Waals surface area contributed by atoms with Crippen LogP contribution >= 0.6 is 0 Å². The van der Waals surface area contributed by atoms with E-state index in [0.717, 1.165) is 58.7 Å². The lowest BCUT2D eigenvalue weighted by Crippen LogP contribution is -2.47. The Bertz CT molecular complexity index is 342. The van der Waals surface area contributed by atoms with Crippen molar-refractivity contribution in [3.63, 3.8) is 0 Å². The Hall–Kier alpha value is -1.14. The van der Waals surface area contributed by atoms with E-state index in [9.17, 15) is 9.59 Å². The second-order valence-electron chi connectivity index (χ2n) is 5.86. The van der Waals surface area contributed by atoms with Crippen molar-refractivity contribution in [3.8, 4) is 0 Å². The Morgan fingerprint density at radius 2 is 1.95 bits per heavy atom. The third-order valence-corrected chi connectivity index (χ3v) is 4.20. The molecule has 2 saturated heterocycles. The second kappa shape index (κ2) is 7.59. The molecule has 2 aliphatic rings. The molecule has 3 N–H and O–H groups in total. The molecule has 2 fully saturated rings. The van der Waals surface area contributed by atoms with Crippen LogP contribution in [0.1, 0.15) is 25.7 Å². The molecule has 0 spiro atoms. The van der Waals surface area contributed by atoms with Gasteiger partial charge in [-0.2, -0.15) is 0 Å². The van der Waals surface area contributed by atoms with Crippen molar-refractivity contribution in [3.05, 3.63) is 0 Å². The summed E-state index contributed by atoms with van der Waals surface area (Å²) < 4.78 is 0. The summed E-state index contributed by atoms with van der Waals surface area (Å²) in [5.74, 6) is 0.410. The Labute approximate surface area is 120 Å². The van der Waals surface area contributed by atoms with Crippen LogP contribution in [0.3, 0.4) is 0 Å². The first-order valence-corrected chi connectivity index (χ1v) is 7.64. The maximum Gasteiger partial charge on any atom is 0.223 e. The van der Waals surface area contributed by atoms with Gasteiger partial charge in [0.05, 0.1) is 0 Å². The van der Waals surface area contributed by atoms with Crippen LogP contribution in [0.25, 0.3) is 0 Å². The van der Waals surface area contributed by atoms with Crippen LogP contribution in [0.4, 0.5) is 0 Å². The van der Waals surface area contributed by atoms with E-state index in [1.165, 1.54) is 0 Å². The van der Waals surface area contributed by atoms with Crippen molar-refractivity contribution in [1.29, 1.82) is 0 Å². The van der Waals surface area contributed by atoms with Gasteiger partial charge in [0.15, 0.2) is 0 Å². The molecule has 2 heterocycles. The smallest absolute Gasteiger partial charge is 0.223 e. The minimum Gasteiger partial charge on any atom is -0.370 e. The molecule has 0 aliphatic carbocycles. The molecule has 0 bridgehead atoms. The maximum absolute atomic E-state index is 12.1. The van der Waals surface area contributed by atoms with E-state index in [1.54, 1.807) is 0 Å². The monoisotopic (exact) mass is 282 g/mol. The zero-order valence-electron chi connectivity index (χ0n) is 12.1. The number of amides is 2. The summed E-state index contributed by atoms with van der Waals surface area (Å²) in [5, 5.41) is 3.25. The summed E-state index contributed by atoms with van der Waals surface area (Å²) >= 11 is 0. The van der Waals surface area contributed by atoms with Crippen LogP contribution in [-0.4, -0.2) is 67.4 Å². The molecule has 0 saturated carbocycles. The zero-order valence-corrected chi connectivity index (χ0v) is 12.1. The number of hydrogen-bond acceptors (Lipinski definition) is 4. The number of primary amides is 1. The van der Waals surface area contributed by atoms with Crippen LogP contribution in [0.15, 0.2) is 0 Å². The van der Waals surface area contributed by atoms with Crippen molar-refractivity contribution < 1.29 is 9.59 Å². The summed E-state index contributed by atoms with van der Waals surface area (Å²) in [5.41, 5.74) is 5.26. The zero-order chi connectivity index (χ0) is 14.4. The third kappa shape index (κ3) is 4.76. The number of nitrogens with one attached hydrogen (secondary N) is 1. The topological polar surface area (TPSA) is 78.7 Å². The SMILES string of the molecule is NC(=O)CC1CCCN(CCC(=O)N2CCNCC2)C1. The first-order chi connectivity index (χ1) is 9.65. The molecular weight excluding hydrogens is 256 g/mol. The van der Waals surface area contributed by atoms with Crippen LogP contribution in [0.2, 0.25) is 0 Å². The van der Waals surface area contributed by atoms with E-state index in [4.69, 9.17) is 5.73 Å². The number of carbonyl (C=O) groups is 2. The highest BCUT2D eigenvalue weighted by atomic mass is 16.2. The van der Waals surface area contributed by atoms with Gasteiger partial charge in [-0.05, 0) is 25.3 Å². The van der Waals surface area contributed by atoms with Gasteiger partial charge < -0.3 is 20.9 Å². The van der Waals surface area contributed by atoms with Gasteiger partial charge in [-0.25, -0.2) is 0 Å². The quantitative estimate of drug-likeness (QED) is 0.705. The lowest BCUT2D eigenvalue weighted by molar-refractivity contribution is -0.132. The molecule has 0 aromatic carbocycles. The number of hydrogen-bond donors (Lipinski definition) is 2. The molecule has 2 amide bonds. The molecule has 20 heavy (non-hydrogen) atoms. The van der Waals surface area contributed by atoms with Gasteiger partial charge in [0.1, 0.15) is 0 Å². The normalized spacial score (nSPS) is 24.6. The van der Waals surface area contributed by atoms with E-state index in [-0.39, 0.29) is 11.8 Å². The van der Waals surface area contributed by atoms with Crippen molar-refractivity contribution in [2.24, 2.45) is 11.7 Å². The Morgan fingerprint density at radius 1 is 1.20 bits per heavy atom. The fraction of sp³-hybridized carbons (Fsp3) is 0.857. The summed E-state index contributed by atoms with van der Waals surface area (Å²) in [4.78, 5) is 27.3. The molecule has 1 unspecified atom stereocenters. The van der Waals surface area contributed by atoms with Crippen LogP contribution in [0, 0.1) is 5.92 Å². The van der Waals surface area contributed by atoms with Crippen LogP contribution in [-0.2, 0) is 9.59 Å². The molecule has 0 aromatic rings. The number of rotatable bonds is 5. The Morgan fingerprint density at radius 3 is 2.65 bits per heavy atom. The summed E-state index contributed by atoms with van der Waals surface area (Å²) in [6, 6.07) is 0. The summed E-state index contributed by atoms with van der Waals surface area (Å²) in [7, 11) is 0. The fourth-order valence-electron chi connectivity index (χ4n) is 3.13. The fourth-order valence-corrected chi connectivity index (χ4v) is 3.13. The van der Waals surface area contributed by atoms with Crippen molar-refractivity contribution in [2.45, 2.75) is 25.7 Å². The second-order valence-corrected chi connectivity index (χ2v) is 5.86. The van der Waals surface area contributed by atoms with Crippen molar-refractivity contribution in [1.82, 2.24) is 15.1 Å². The summed E-state index contributed by atoms with van der Waals surface area (Å²) in [6.45, 7) is 6.18. The number of nitrogens with zero attached hydrogens (tertiary/aromatic N) is 2. The minimum atomic E-state index is -0.214. The molecule has 6 nitrogen and oxygen atoms in total. The first-order valence-electron chi connectivity index (χ1n) is 7.64. The maximum atomic E-state index is 12.1. The first kappa shape index (κ1) is 15.3. The van der Waals surface area contributed by atoms with Gasteiger partial charge >= 0.3 is 0 Å². The van der Waals surface area contributed by atoms with Gasteiger partial charge in [0.2, 0.25) is 11.8 Å². The van der Waals surface area contributed by atoms with Gasteiger partial charge in [-0.15, -0.1) is 0 Å². The van der Waals surface area contributed by atoms with Gasteiger partial charge in [0.25, 0.3) is 0 Å². The van der Waals surface area contributed by atoms with E-state index < -0.39 is 0 Å². The number of likely N-dealkylation sites (tertiary alicyclic amines) is 1. The Balaban J connectivity index is 1.70. The molecular formula is C14H26N4O2. The van der Waals surface area contributed by atoms with Gasteiger partial charge in [-0.3, -0.25) is 9.59 Å². The molecule has 1 atom stereocenters. The van der Waals surface area contributed by atoms with Crippen LogP contribution < -0.4 is 11.1 Å². The Kier molecular flexibility index (Phi) is 5.79. The lowest BCUT2D eigenvalue weighted by atomic mass is 9.94. The predicted molar refractivity (Wildman–Crippen MR) is 77.0 cm³/mol.